The van der Waals surface area contributed by atoms with Crippen LogP contribution in [0.15, 0.2) is 48.7 Å². The molecule has 0 radical (unpaired) electrons. The summed E-state index contributed by atoms with van der Waals surface area (Å²) in [6, 6.07) is 13.2. The number of rotatable bonds is 12. The molecule has 2 N–H and O–H groups in total. The van der Waals surface area contributed by atoms with Gasteiger partial charge in [0.15, 0.2) is 0 Å². The molecular weight excluding hydrogens is 662 g/mol. The summed E-state index contributed by atoms with van der Waals surface area (Å²) in [5.74, 6) is -0.329. The lowest BCUT2D eigenvalue weighted by atomic mass is 10.0. The Hall–Kier alpha value is -3.83. The molecule has 2 aromatic carbocycles. The number of phenolic OH excluding ortho intramolecular Hbond substituents is 1. The van der Waals surface area contributed by atoms with Crippen molar-refractivity contribution >= 4 is 40.7 Å². The Morgan fingerprint density at radius 2 is 1.82 bits per heavy atom. The molecule has 14 heteroatoms. The van der Waals surface area contributed by atoms with Crippen LogP contribution in [-0.4, -0.2) is 105 Å². The van der Waals surface area contributed by atoms with Crippen molar-refractivity contribution in [2.24, 2.45) is 0 Å². The first-order valence-corrected chi connectivity index (χ1v) is 21.6. The molecule has 1 fully saturated rings. The van der Waals surface area contributed by atoms with Crippen molar-refractivity contribution in [2.45, 2.75) is 58.7 Å². The number of phenols is 1. The first-order valence-electron chi connectivity index (χ1n) is 16.7. The van der Waals surface area contributed by atoms with E-state index in [-0.39, 0.29) is 31.7 Å². The summed E-state index contributed by atoms with van der Waals surface area (Å²) in [6.07, 6.45) is 1.37. The molecule has 1 amide bonds. The third kappa shape index (κ3) is 9.25. The number of amides is 1. The number of anilines is 1. The highest BCUT2D eigenvalue weighted by atomic mass is 28.3. The minimum absolute atomic E-state index is 0.0984. The van der Waals surface area contributed by atoms with Crippen molar-refractivity contribution in [3.63, 3.8) is 0 Å². The molecule has 264 valence electrons. The van der Waals surface area contributed by atoms with Gasteiger partial charge in [0.1, 0.15) is 17.2 Å². The molecule has 5 rings (SSSR count). The lowest BCUT2D eigenvalue weighted by Crippen LogP contribution is -2.50. The van der Waals surface area contributed by atoms with Crippen LogP contribution >= 0.6 is 0 Å². The molecule has 2 aromatic heterocycles. The van der Waals surface area contributed by atoms with Crippen LogP contribution in [0.25, 0.3) is 33.4 Å². The number of fused-ring (bicyclic) bond motifs is 1. The Morgan fingerprint density at radius 3 is 2.49 bits per heavy atom. The number of pyridine rings is 1. The topological polar surface area (TPSA) is 122 Å². The number of hydrogen-bond donors (Lipinski definition) is 2. The predicted octanol–water partition coefficient (Wildman–Crippen LogP) is 5.38. The molecule has 49 heavy (non-hydrogen) atoms. The summed E-state index contributed by atoms with van der Waals surface area (Å²) in [4.78, 5) is 21.0. The van der Waals surface area contributed by atoms with Gasteiger partial charge in [0.05, 0.1) is 48.6 Å². The van der Waals surface area contributed by atoms with Crippen LogP contribution in [0.5, 0.6) is 5.75 Å². The van der Waals surface area contributed by atoms with E-state index in [1.165, 1.54) is 6.07 Å². The number of piperazine rings is 1. The zero-order valence-corrected chi connectivity index (χ0v) is 31.7. The van der Waals surface area contributed by atoms with Gasteiger partial charge in [-0.1, -0.05) is 37.8 Å². The largest absolute Gasteiger partial charge is 0.506 e. The van der Waals surface area contributed by atoms with Gasteiger partial charge in [0.2, 0.25) is 0 Å². The number of carbonyl (C=O) groups excluding carboxylic acids is 1. The molecule has 0 bridgehead atoms. The summed E-state index contributed by atoms with van der Waals surface area (Å²) in [7, 11) is -2.56. The van der Waals surface area contributed by atoms with Gasteiger partial charge in [-0.15, -0.1) is 0 Å². The van der Waals surface area contributed by atoms with Crippen LogP contribution in [0.4, 0.5) is 14.9 Å². The van der Waals surface area contributed by atoms with Crippen LogP contribution in [0, 0.1) is 5.82 Å². The number of ether oxygens (including phenoxy) is 2. The van der Waals surface area contributed by atoms with Gasteiger partial charge in [-0.2, -0.15) is 5.10 Å². The van der Waals surface area contributed by atoms with E-state index in [1.54, 1.807) is 29.3 Å². The summed E-state index contributed by atoms with van der Waals surface area (Å²) in [5.41, 5.74) is 3.58. The van der Waals surface area contributed by atoms with E-state index in [4.69, 9.17) is 19.0 Å². The van der Waals surface area contributed by atoms with Crippen LogP contribution in [0.3, 0.4) is 0 Å². The Balaban J connectivity index is 1.46. The summed E-state index contributed by atoms with van der Waals surface area (Å²) in [6.45, 7) is 15.3. The zero-order chi connectivity index (χ0) is 35.3. The van der Waals surface area contributed by atoms with Crippen molar-refractivity contribution in [1.29, 1.82) is 0 Å². The van der Waals surface area contributed by atoms with E-state index in [9.17, 15) is 15.0 Å². The third-order valence-electron chi connectivity index (χ3n) is 8.22. The van der Waals surface area contributed by atoms with Crippen LogP contribution in [0.1, 0.15) is 26.3 Å². The van der Waals surface area contributed by atoms with Crippen LogP contribution in [-0.2, 0) is 20.5 Å². The minimum atomic E-state index is -1.29. The first-order chi connectivity index (χ1) is 23.2. The lowest BCUT2D eigenvalue weighted by Gasteiger charge is -2.37. The van der Waals surface area contributed by atoms with Crippen molar-refractivity contribution in [1.82, 2.24) is 19.3 Å². The SMILES string of the molecule is CC(C)(C)OC(=O)N1CCN(c2ccc(-c3nn([SiH2]OCC[Si](C)(C)C)c4cnc(-c5c(F)cccc5COCCO)cc34)cc2O)CC1. The molecule has 0 saturated carbocycles. The Bertz CT molecular complexity index is 1770. The Labute approximate surface area is 290 Å². The van der Waals surface area contributed by atoms with Crippen molar-refractivity contribution in [3.8, 4) is 28.3 Å². The van der Waals surface area contributed by atoms with Gasteiger partial charge in [-0.3, -0.25) is 9.33 Å². The molecule has 1 aliphatic rings. The van der Waals surface area contributed by atoms with E-state index in [0.29, 0.717) is 66.6 Å². The van der Waals surface area contributed by atoms with E-state index >= 15 is 4.39 Å². The van der Waals surface area contributed by atoms with E-state index in [0.717, 1.165) is 16.9 Å². The van der Waals surface area contributed by atoms with Crippen molar-refractivity contribution in [2.75, 3.05) is 50.9 Å². The number of halogens is 1. The standard InChI is InChI=1S/C35H48FN5O6Si2/c1-35(2,3)47-34(44)40-14-12-39(13-15-40)29-11-10-24(20-31(29)43)33-26-21-28(32-25(23-45-17-16-42)8-7-9-27(32)36)37-22-30(26)41(38-33)48-46-18-19-49(4,5)6/h7-11,20-22,42-43H,12-19,23,48H2,1-6H3. The minimum Gasteiger partial charge on any atom is -0.506 e. The third-order valence-corrected chi connectivity index (χ3v) is 11.1. The van der Waals surface area contributed by atoms with Crippen LogP contribution < -0.4 is 4.90 Å². The highest BCUT2D eigenvalue weighted by molar-refractivity contribution is 6.76. The molecule has 0 spiro atoms. The quantitative estimate of drug-likeness (QED) is 0.148. The highest BCUT2D eigenvalue weighted by Gasteiger charge is 2.27. The molecule has 1 aliphatic heterocycles. The van der Waals surface area contributed by atoms with Gasteiger partial charge < -0.3 is 33.9 Å². The Kier molecular flexibility index (Phi) is 11.4. The molecule has 11 nitrogen and oxygen atoms in total. The van der Waals surface area contributed by atoms with Crippen molar-refractivity contribution < 1.29 is 33.3 Å². The predicted molar refractivity (Wildman–Crippen MR) is 195 cm³/mol. The number of aromatic nitrogens is 3. The number of benzene rings is 2. The summed E-state index contributed by atoms with van der Waals surface area (Å²) >= 11 is 0. The number of carbonyl (C=O) groups is 1. The van der Waals surface area contributed by atoms with Crippen LogP contribution in [0.2, 0.25) is 25.7 Å². The average molecular weight is 710 g/mol. The van der Waals surface area contributed by atoms with Gasteiger partial charge in [-0.25, -0.2) is 9.18 Å². The average Bonchev–Trinajstić information content (AvgIpc) is 3.40. The highest BCUT2D eigenvalue weighted by Crippen LogP contribution is 2.37. The Morgan fingerprint density at radius 1 is 1.06 bits per heavy atom. The monoisotopic (exact) mass is 709 g/mol. The molecule has 3 heterocycles. The lowest BCUT2D eigenvalue weighted by molar-refractivity contribution is 0.0240. The molecule has 0 atom stereocenters. The van der Waals surface area contributed by atoms with E-state index in [2.05, 4.69) is 29.5 Å². The smallest absolute Gasteiger partial charge is 0.410 e. The fourth-order valence-electron chi connectivity index (χ4n) is 5.67. The fraction of sp³-hybridized carbons (Fsp3) is 0.457. The number of aromatic hydroxyl groups is 1. The number of nitrogens with zero attached hydrogens (tertiary/aromatic N) is 5. The first kappa shape index (κ1) is 36.5. The van der Waals surface area contributed by atoms with Gasteiger partial charge in [0.25, 0.3) is 9.92 Å². The van der Waals surface area contributed by atoms with Gasteiger partial charge in [-0.05, 0) is 56.6 Å². The maximum atomic E-state index is 15.3. The maximum Gasteiger partial charge on any atom is 0.410 e. The zero-order valence-electron chi connectivity index (χ0n) is 29.3. The summed E-state index contributed by atoms with van der Waals surface area (Å²) in [5, 5.41) is 26.2. The molecule has 1 saturated heterocycles. The normalized spacial score (nSPS) is 14.4. The second kappa shape index (κ2) is 15.4. The van der Waals surface area contributed by atoms with E-state index < -0.39 is 29.4 Å². The second-order valence-corrected chi connectivity index (χ2v) is 21.4. The molecular formula is C35H48FN5O6Si2. The second-order valence-electron chi connectivity index (χ2n) is 14.5. The van der Waals surface area contributed by atoms with Gasteiger partial charge in [0, 0.05) is 57.4 Å². The molecule has 0 unspecified atom stereocenters. The number of aliphatic hydroxyl groups is 1. The molecule has 0 aliphatic carbocycles. The maximum absolute atomic E-state index is 15.3. The number of hydrogen-bond acceptors (Lipinski definition) is 9. The van der Waals surface area contributed by atoms with Crippen molar-refractivity contribution in [3.05, 3.63) is 60.0 Å². The van der Waals surface area contributed by atoms with E-state index in [1.807, 2.05) is 43.3 Å². The number of aliphatic hydroxyl groups excluding tert-OH is 1. The molecule has 4 aromatic rings. The summed E-state index contributed by atoms with van der Waals surface area (Å²) < 4.78 is 34.5. The fourth-order valence-corrected chi connectivity index (χ4v) is 7.75. The van der Waals surface area contributed by atoms with Gasteiger partial charge >= 0.3 is 6.09 Å².